The fraction of sp³-hybridized carbons (Fsp3) is 0.562. The first-order valence-corrected chi connectivity index (χ1v) is 7.49. The molecule has 2 unspecified atom stereocenters. The average molecular weight is 329 g/mol. The lowest BCUT2D eigenvalue weighted by Gasteiger charge is -2.20. The third-order valence-corrected chi connectivity index (χ3v) is 3.81. The molecule has 1 aliphatic rings. The third-order valence-electron chi connectivity index (χ3n) is 3.81. The molecule has 6 heteroatoms. The number of halogens is 1. The third kappa shape index (κ3) is 5.25. The highest BCUT2D eigenvalue weighted by Gasteiger charge is 2.30. The highest BCUT2D eigenvalue weighted by molar-refractivity contribution is 5.85. The van der Waals surface area contributed by atoms with Crippen LogP contribution in [0.1, 0.15) is 37.9 Å². The molecule has 1 aromatic rings. The summed E-state index contributed by atoms with van der Waals surface area (Å²) in [5, 5.41) is 13.1. The van der Waals surface area contributed by atoms with Gasteiger partial charge in [-0.3, -0.25) is 4.79 Å². The fourth-order valence-electron chi connectivity index (χ4n) is 2.61. The summed E-state index contributed by atoms with van der Waals surface area (Å²) >= 11 is 0. The number of nitrogens with two attached hydrogens (primary N) is 1. The number of nitrogens with one attached hydrogen (secondary N) is 1. The number of amides is 1. The van der Waals surface area contributed by atoms with Crippen LogP contribution in [0.5, 0.6) is 0 Å². The number of benzene rings is 1. The van der Waals surface area contributed by atoms with Gasteiger partial charge in [-0.15, -0.1) is 12.4 Å². The summed E-state index contributed by atoms with van der Waals surface area (Å²) in [6.07, 6.45) is 1.02. The molecule has 1 heterocycles. The number of aliphatic hydroxyl groups excluding tert-OH is 1. The topological polar surface area (TPSA) is 84.6 Å². The zero-order chi connectivity index (χ0) is 15.2. The van der Waals surface area contributed by atoms with Gasteiger partial charge >= 0.3 is 0 Å². The number of aliphatic hydroxyl groups is 1. The van der Waals surface area contributed by atoms with Crippen molar-refractivity contribution in [3.8, 4) is 0 Å². The van der Waals surface area contributed by atoms with Crippen LogP contribution in [0.3, 0.4) is 0 Å². The number of ether oxygens (including phenoxy) is 1. The Morgan fingerprint density at radius 2 is 2.09 bits per heavy atom. The molecule has 1 aliphatic heterocycles. The molecular formula is C16H25ClN2O3. The van der Waals surface area contributed by atoms with Gasteiger partial charge in [-0.2, -0.15) is 0 Å². The minimum absolute atomic E-state index is 0. The summed E-state index contributed by atoms with van der Waals surface area (Å²) in [5.41, 5.74) is 6.40. The molecule has 1 amide bonds. The van der Waals surface area contributed by atoms with Gasteiger partial charge in [-0.25, -0.2) is 0 Å². The molecular weight excluding hydrogens is 304 g/mol. The van der Waals surface area contributed by atoms with Crippen LogP contribution in [0.15, 0.2) is 30.3 Å². The van der Waals surface area contributed by atoms with E-state index in [0.29, 0.717) is 19.4 Å². The zero-order valence-electron chi connectivity index (χ0n) is 12.8. The van der Waals surface area contributed by atoms with Gasteiger partial charge in [0, 0.05) is 12.6 Å². The number of hydrogen-bond acceptors (Lipinski definition) is 4. The number of hydrogen-bond donors (Lipinski definition) is 3. The van der Waals surface area contributed by atoms with Gasteiger partial charge in [0.1, 0.15) is 6.10 Å². The van der Waals surface area contributed by atoms with E-state index in [9.17, 15) is 9.90 Å². The molecule has 5 nitrogen and oxygen atoms in total. The predicted octanol–water partition coefficient (Wildman–Crippen LogP) is 1.54. The standard InChI is InChI=1S/C16H24N2O3.ClH/c1-11(9-14(19)12-5-3-2-4-6-12)18-16(20)15-8-7-13(10-17)21-15;/h2-6,11,13-15,19H,7-10,17H2,1H3,(H,18,20);1H/t11?,13-,14?,15+;/m1./s1. The molecule has 0 aromatic heterocycles. The van der Waals surface area contributed by atoms with Crippen LogP contribution < -0.4 is 11.1 Å². The molecule has 1 fully saturated rings. The quantitative estimate of drug-likeness (QED) is 0.739. The number of carbonyl (C=O) groups is 1. The van der Waals surface area contributed by atoms with Crippen molar-refractivity contribution in [3.05, 3.63) is 35.9 Å². The number of rotatable bonds is 6. The second-order valence-corrected chi connectivity index (χ2v) is 5.63. The lowest BCUT2D eigenvalue weighted by Crippen LogP contribution is -2.41. The van der Waals surface area contributed by atoms with Gasteiger partial charge in [0.05, 0.1) is 12.2 Å². The summed E-state index contributed by atoms with van der Waals surface area (Å²) < 4.78 is 5.56. The summed E-state index contributed by atoms with van der Waals surface area (Å²) in [4.78, 5) is 12.1. The maximum Gasteiger partial charge on any atom is 0.249 e. The van der Waals surface area contributed by atoms with Gasteiger partial charge in [0.15, 0.2) is 0 Å². The van der Waals surface area contributed by atoms with Crippen LogP contribution >= 0.6 is 12.4 Å². The van der Waals surface area contributed by atoms with E-state index >= 15 is 0 Å². The monoisotopic (exact) mass is 328 g/mol. The van der Waals surface area contributed by atoms with E-state index in [4.69, 9.17) is 10.5 Å². The molecule has 0 bridgehead atoms. The normalized spacial score (nSPS) is 23.4. The summed E-state index contributed by atoms with van der Waals surface area (Å²) in [6.45, 7) is 2.34. The SMILES string of the molecule is CC(CC(O)c1ccccc1)NC(=O)[C@@H]1CC[C@H](CN)O1.Cl. The Hall–Kier alpha value is -1.14. The molecule has 4 N–H and O–H groups in total. The summed E-state index contributed by atoms with van der Waals surface area (Å²) in [7, 11) is 0. The van der Waals surface area contributed by atoms with Gasteiger partial charge in [-0.1, -0.05) is 30.3 Å². The van der Waals surface area contributed by atoms with Crippen molar-refractivity contribution in [1.29, 1.82) is 0 Å². The van der Waals surface area contributed by atoms with Crippen molar-refractivity contribution in [3.63, 3.8) is 0 Å². The Balaban J connectivity index is 0.00000242. The summed E-state index contributed by atoms with van der Waals surface area (Å²) in [5.74, 6) is -0.112. The van der Waals surface area contributed by atoms with E-state index in [1.165, 1.54) is 0 Å². The van der Waals surface area contributed by atoms with Crippen molar-refractivity contribution >= 4 is 18.3 Å². The highest BCUT2D eigenvalue weighted by Crippen LogP contribution is 2.20. The van der Waals surface area contributed by atoms with E-state index in [2.05, 4.69) is 5.32 Å². The van der Waals surface area contributed by atoms with Crippen LogP contribution in [0.4, 0.5) is 0 Å². The van der Waals surface area contributed by atoms with Crippen molar-refractivity contribution in [2.75, 3.05) is 6.54 Å². The molecule has 0 spiro atoms. The highest BCUT2D eigenvalue weighted by atomic mass is 35.5. The van der Waals surface area contributed by atoms with Gasteiger partial charge in [-0.05, 0) is 31.7 Å². The first-order chi connectivity index (χ1) is 10.1. The molecule has 1 aromatic carbocycles. The van der Waals surface area contributed by atoms with E-state index in [1.54, 1.807) is 0 Å². The van der Waals surface area contributed by atoms with Crippen molar-refractivity contribution < 1.29 is 14.6 Å². The minimum atomic E-state index is -0.581. The van der Waals surface area contributed by atoms with Crippen molar-refractivity contribution in [1.82, 2.24) is 5.32 Å². The molecule has 22 heavy (non-hydrogen) atoms. The maximum atomic E-state index is 12.1. The van der Waals surface area contributed by atoms with E-state index in [-0.39, 0.29) is 30.5 Å². The molecule has 4 atom stereocenters. The van der Waals surface area contributed by atoms with Gasteiger partial charge in [0.2, 0.25) is 5.91 Å². The molecule has 124 valence electrons. The van der Waals surface area contributed by atoms with Crippen molar-refractivity contribution in [2.45, 2.75) is 50.5 Å². The van der Waals surface area contributed by atoms with Crippen LogP contribution in [0.2, 0.25) is 0 Å². The summed E-state index contributed by atoms with van der Waals surface area (Å²) in [6, 6.07) is 9.33. The Morgan fingerprint density at radius 1 is 1.41 bits per heavy atom. The van der Waals surface area contributed by atoms with Crippen molar-refractivity contribution in [2.24, 2.45) is 5.73 Å². The maximum absolute atomic E-state index is 12.1. The van der Waals surface area contributed by atoms with Gasteiger partial charge < -0.3 is 20.9 Å². The Kier molecular flexibility index (Phi) is 7.82. The second-order valence-electron chi connectivity index (χ2n) is 5.63. The Labute approximate surface area is 137 Å². The predicted molar refractivity (Wildman–Crippen MR) is 87.8 cm³/mol. The molecule has 1 saturated heterocycles. The van der Waals surface area contributed by atoms with Crippen LogP contribution in [0, 0.1) is 0 Å². The Bertz CT molecular complexity index is 458. The molecule has 0 saturated carbocycles. The Morgan fingerprint density at radius 3 is 2.68 bits per heavy atom. The first kappa shape index (κ1) is 18.9. The van der Waals surface area contributed by atoms with Crippen LogP contribution in [0.25, 0.3) is 0 Å². The fourth-order valence-corrected chi connectivity index (χ4v) is 2.61. The smallest absolute Gasteiger partial charge is 0.249 e. The minimum Gasteiger partial charge on any atom is -0.388 e. The number of carbonyl (C=O) groups excluding carboxylic acids is 1. The molecule has 0 aliphatic carbocycles. The lowest BCUT2D eigenvalue weighted by molar-refractivity contribution is -0.132. The van der Waals surface area contributed by atoms with E-state index in [1.807, 2.05) is 37.3 Å². The first-order valence-electron chi connectivity index (χ1n) is 7.49. The second kappa shape index (κ2) is 9.10. The zero-order valence-corrected chi connectivity index (χ0v) is 13.6. The molecule has 2 rings (SSSR count). The van der Waals surface area contributed by atoms with Crippen LogP contribution in [-0.2, 0) is 9.53 Å². The molecule has 0 radical (unpaired) electrons. The largest absolute Gasteiger partial charge is 0.388 e. The van der Waals surface area contributed by atoms with Crippen LogP contribution in [-0.4, -0.2) is 35.8 Å². The van der Waals surface area contributed by atoms with Gasteiger partial charge in [0.25, 0.3) is 0 Å². The average Bonchev–Trinajstić information content (AvgIpc) is 2.97. The lowest BCUT2D eigenvalue weighted by atomic mass is 10.0. The van der Waals surface area contributed by atoms with E-state index in [0.717, 1.165) is 12.0 Å². The van der Waals surface area contributed by atoms with E-state index < -0.39 is 12.2 Å².